The predicted molar refractivity (Wildman–Crippen MR) is 80.0 cm³/mol. The molecule has 0 aliphatic rings. The van der Waals surface area contributed by atoms with Crippen LogP contribution in [0.2, 0.25) is 0 Å². The van der Waals surface area contributed by atoms with Crippen LogP contribution in [0.5, 0.6) is 5.75 Å². The molecule has 0 amide bonds. The zero-order chi connectivity index (χ0) is 14.4. The molecule has 1 heterocycles. The van der Waals surface area contributed by atoms with Crippen molar-refractivity contribution in [3.8, 4) is 5.75 Å². The van der Waals surface area contributed by atoms with E-state index < -0.39 is 0 Å². The van der Waals surface area contributed by atoms with Crippen molar-refractivity contribution in [3.05, 3.63) is 53.3 Å². The molecule has 0 bridgehead atoms. The van der Waals surface area contributed by atoms with Gasteiger partial charge in [0.25, 0.3) is 0 Å². The van der Waals surface area contributed by atoms with Crippen LogP contribution in [0.15, 0.2) is 36.4 Å². The van der Waals surface area contributed by atoms with Gasteiger partial charge in [-0.1, -0.05) is 18.2 Å². The third-order valence-corrected chi connectivity index (χ3v) is 3.13. The Balaban J connectivity index is 2.08. The summed E-state index contributed by atoms with van der Waals surface area (Å²) in [6.45, 7) is 3.10. The van der Waals surface area contributed by atoms with Gasteiger partial charge in [0.2, 0.25) is 0 Å². The molecular weight excluding hydrogens is 252 g/mol. The molecule has 1 aromatic carbocycles. The molecule has 2 N–H and O–H groups in total. The molecule has 106 valence electrons. The summed E-state index contributed by atoms with van der Waals surface area (Å²) in [6, 6.07) is 11.6. The molecule has 0 atom stereocenters. The largest absolute Gasteiger partial charge is 0.506 e. The lowest BCUT2D eigenvalue weighted by Gasteiger charge is -2.12. The first-order valence-electron chi connectivity index (χ1n) is 6.67. The van der Waals surface area contributed by atoms with Gasteiger partial charge in [0.15, 0.2) is 0 Å². The number of benzene rings is 1. The zero-order valence-corrected chi connectivity index (χ0v) is 11.9. The summed E-state index contributed by atoms with van der Waals surface area (Å²) >= 11 is 0. The van der Waals surface area contributed by atoms with Gasteiger partial charge in [-0.25, -0.2) is 0 Å². The number of rotatable bonds is 6. The van der Waals surface area contributed by atoms with Crippen LogP contribution in [0.25, 0.3) is 0 Å². The Morgan fingerprint density at radius 2 is 2.00 bits per heavy atom. The number of hydrogen-bond acceptors (Lipinski definition) is 4. The number of pyridine rings is 1. The van der Waals surface area contributed by atoms with Gasteiger partial charge in [-0.3, -0.25) is 4.98 Å². The van der Waals surface area contributed by atoms with Crippen molar-refractivity contribution in [1.29, 1.82) is 0 Å². The summed E-state index contributed by atoms with van der Waals surface area (Å²) in [6.07, 6.45) is 0.854. The van der Waals surface area contributed by atoms with Crippen LogP contribution in [0.4, 0.5) is 5.69 Å². The van der Waals surface area contributed by atoms with Gasteiger partial charge >= 0.3 is 0 Å². The number of hydrogen-bond donors (Lipinski definition) is 2. The Labute approximate surface area is 119 Å². The molecule has 2 rings (SSSR count). The molecule has 20 heavy (non-hydrogen) atoms. The smallest absolute Gasteiger partial charge is 0.138 e. The average Bonchev–Trinajstić information content (AvgIpc) is 2.47. The molecule has 0 spiro atoms. The van der Waals surface area contributed by atoms with Crippen LogP contribution >= 0.6 is 0 Å². The maximum atomic E-state index is 9.80. The van der Waals surface area contributed by atoms with E-state index in [1.807, 2.05) is 25.1 Å². The second kappa shape index (κ2) is 6.91. The summed E-state index contributed by atoms with van der Waals surface area (Å²) in [7, 11) is 1.70. The van der Waals surface area contributed by atoms with Gasteiger partial charge in [0, 0.05) is 18.5 Å². The van der Waals surface area contributed by atoms with E-state index in [1.165, 1.54) is 5.56 Å². The molecule has 0 saturated heterocycles. The lowest BCUT2D eigenvalue weighted by Crippen LogP contribution is -2.06. The highest BCUT2D eigenvalue weighted by Crippen LogP contribution is 2.19. The van der Waals surface area contributed by atoms with Gasteiger partial charge in [0.05, 0.1) is 13.2 Å². The van der Waals surface area contributed by atoms with Gasteiger partial charge in [-0.15, -0.1) is 0 Å². The second-order valence-electron chi connectivity index (χ2n) is 4.67. The molecule has 4 nitrogen and oxygen atoms in total. The van der Waals surface area contributed by atoms with Crippen molar-refractivity contribution in [1.82, 2.24) is 4.98 Å². The Bertz CT molecular complexity index is 570. The van der Waals surface area contributed by atoms with Gasteiger partial charge < -0.3 is 15.2 Å². The van der Waals surface area contributed by atoms with E-state index in [9.17, 15) is 5.11 Å². The fourth-order valence-electron chi connectivity index (χ4n) is 2.03. The highest BCUT2D eigenvalue weighted by atomic mass is 16.5. The van der Waals surface area contributed by atoms with E-state index in [-0.39, 0.29) is 5.75 Å². The van der Waals surface area contributed by atoms with Crippen molar-refractivity contribution >= 4 is 5.69 Å². The number of anilines is 1. The zero-order valence-electron chi connectivity index (χ0n) is 11.9. The highest BCUT2D eigenvalue weighted by molar-refractivity contribution is 5.51. The van der Waals surface area contributed by atoms with E-state index in [0.717, 1.165) is 17.8 Å². The maximum absolute atomic E-state index is 9.80. The van der Waals surface area contributed by atoms with Crippen LogP contribution in [0.1, 0.15) is 17.0 Å². The van der Waals surface area contributed by atoms with E-state index in [2.05, 4.69) is 16.4 Å². The van der Waals surface area contributed by atoms with Crippen molar-refractivity contribution in [3.63, 3.8) is 0 Å². The van der Waals surface area contributed by atoms with Crippen molar-refractivity contribution in [2.24, 2.45) is 0 Å². The monoisotopic (exact) mass is 272 g/mol. The first kappa shape index (κ1) is 14.3. The van der Waals surface area contributed by atoms with Gasteiger partial charge in [-0.05, 0) is 37.1 Å². The van der Waals surface area contributed by atoms with E-state index >= 15 is 0 Å². The normalized spacial score (nSPS) is 10.5. The quantitative estimate of drug-likeness (QED) is 0.849. The minimum Gasteiger partial charge on any atom is -0.506 e. The lowest BCUT2D eigenvalue weighted by molar-refractivity contribution is 0.202. The van der Waals surface area contributed by atoms with E-state index in [4.69, 9.17) is 4.74 Å². The third kappa shape index (κ3) is 3.71. The standard InChI is InChI=1S/C16H20N2O2/c1-12-7-8-16(19)15(18-12)11-17-14-6-4-3-5-13(14)9-10-20-2/h3-8,17,19H,9-11H2,1-2H3. The molecule has 0 radical (unpaired) electrons. The molecule has 0 unspecified atom stereocenters. The van der Waals surface area contributed by atoms with E-state index in [0.29, 0.717) is 18.8 Å². The van der Waals surface area contributed by atoms with Crippen LogP contribution in [-0.4, -0.2) is 23.8 Å². The molecular formula is C16H20N2O2. The average molecular weight is 272 g/mol. The first-order valence-corrected chi connectivity index (χ1v) is 6.67. The minimum absolute atomic E-state index is 0.220. The number of aromatic nitrogens is 1. The second-order valence-corrected chi connectivity index (χ2v) is 4.67. The van der Waals surface area contributed by atoms with Gasteiger partial charge in [0.1, 0.15) is 11.4 Å². The molecule has 0 fully saturated rings. The molecule has 0 saturated carbocycles. The predicted octanol–water partition coefficient (Wildman–Crippen LogP) is 2.90. The SMILES string of the molecule is COCCc1ccccc1NCc1nc(C)ccc1O. The number of nitrogens with zero attached hydrogens (tertiary/aromatic N) is 1. The lowest BCUT2D eigenvalue weighted by atomic mass is 10.1. The van der Waals surface area contributed by atoms with Gasteiger partial charge in [-0.2, -0.15) is 0 Å². The highest BCUT2D eigenvalue weighted by Gasteiger charge is 2.05. The molecule has 2 aromatic rings. The van der Waals surface area contributed by atoms with Crippen LogP contribution in [0, 0.1) is 6.92 Å². The number of ether oxygens (including phenoxy) is 1. The maximum Gasteiger partial charge on any atom is 0.138 e. The Morgan fingerprint density at radius 3 is 2.80 bits per heavy atom. The summed E-state index contributed by atoms with van der Waals surface area (Å²) in [5.41, 5.74) is 3.80. The number of aromatic hydroxyl groups is 1. The number of aryl methyl sites for hydroxylation is 1. The van der Waals surface area contributed by atoms with Crippen LogP contribution in [-0.2, 0) is 17.7 Å². The van der Waals surface area contributed by atoms with Crippen LogP contribution < -0.4 is 5.32 Å². The van der Waals surface area contributed by atoms with Crippen molar-refractivity contribution < 1.29 is 9.84 Å². The fraction of sp³-hybridized carbons (Fsp3) is 0.312. The third-order valence-electron chi connectivity index (χ3n) is 3.13. The summed E-state index contributed by atoms with van der Waals surface area (Å²) in [4.78, 5) is 4.34. The molecule has 4 heteroatoms. The fourth-order valence-corrected chi connectivity index (χ4v) is 2.03. The van der Waals surface area contributed by atoms with Crippen LogP contribution in [0.3, 0.4) is 0 Å². The Hall–Kier alpha value is -2.07. The number of methoxy groups -OCH3 is 1. The Kier molecular flexibility index (Phi) is 4.96. The summed E-state index contributed by atoms with van der Waals surface area (Å²) < 4.78 is 5.12. The number of nitrogens with one attached hydrogen (secondary N) is 1. The topological polar surface area (TPSA) is 54.4 Å². The first-order chi connectivity index (χ1) is 9.70. The molecule has 1 aromatic heterocycles. The van der Waals surface area contributed by atoms with E-state index in [1.54, 1.807) is 19.2 Å². The van der Waals surface area contributed by atoms with Crippen molar-refractivity contribution in [2.45, 2.75) is 19.9 Å². The Morgan fingerprint density at radius 1 is 1.20 bits per heavy atom. The molecule has 0 aliphatic heterocycles. The summed E-state index contributed by atoms with van der Waals surface area (Å²) in [5.74, 6) is 0.220. The summed E-state index contributed by atoms with van der Waals surface area (Å²) in [5, 5.41) is 13.1. The number of para-hydroxylation sites is 1. The minimum atomic E-state index is 0.220. The molecule has 0 aliphatic carbocycles. The van der Waals surface area contributed by atoms with Crippen molar-refractivity contribution in [2.75, 3.05) is 19.0 Å².